The number of hydrogen-bond donors (Lipinski definition) is 1. The number of halogens is 3. The van der Waals surface area contributed by atoms with Gasteiger partial charge in [0.2, 0.25) is 5.91 Å². The quantitative estimate of drug-likeness (QED) is 0.189. The molecule has 29 heavy (non-hydrogen) atoms. The topological polar surface area (TPSA) is 29.1 Å². The van der Waals surface area contributed by atoms with E-state index in [2.05, 4.69) is 28.2 Å². The molecule has 1 aromatic carbocycles. The van der Waals surface area contributed by atoms with Crippen LogP contribution in [-0.4, -0.2) is 10.7 Å². The number of anilines is 1. The summed E-state index contributed by atoms with van der Waals surface area (Å²) in [6.07, 6.45) is 16.9. The first kappa shape index (κ1) is 26.1. The van der Waals surface area contributed by atoms with Crippen LogP contribution in [0.15, 0.2) is 12.1 Å². The van der Waals surface area contributed by atoms with Crippen LogP contribution in [0, 0.1) is 11.6 Å². The SMILES string of the molecule is CCCCCCCCCCCCCCC(Br)Cc1c(F)cc(NC(C)=O)cc1F. The van der Waals surface area contributed by atoms with Gasteiger partial charge in [0, 0.05) is 23.0 Å². The number of unbranched alkanes of at least 4 members (excludes halogenated alkanes) is 11. The zero-order chi connectivity index (χ0) is 21.5. The number of carbonyl (C=O) groups excluding carboxylic acids is 1. The molecule has 0 saturated carbocycles. The van der Waals surface area contributed by atoms with E-state index >= 15 is 0 Å². The van der Waals surface area contributed by atoms with E-state index in [0.717, 1.165) is 12.8 Å². The molecule has 1 unspecified atom stereocenters. The first-order chi connectivity index (χ1) is 13.9. The molecule has 0 aliphatic carbocycles. The summed E-state index contributed by atoms with van der Waals surface area (Å²) in [6.45, 7) is 3.56. The Bertz CT molecular complexity index is 571. The molecule has 1 rings (SSSR count). The molecule has 0 saturated heterocycles. The van der Waals surface area contributed by atoms with Gasteiger partial charge < -0.3 is 5.32 Å². The Morgan fingerprint density at radius 3 is 1.79 bits per heavy atom. The van der Waals surface area contributed by atoms with Crippen molar-refractivity contribution in [3.05, 3.63) is 29.3 Å². The highest BCUT2D eigenvalue weighted by Gasteiger charge is 2.15. The summed E-state index contributed by atoms with van der Waals surface area (Å²) in [6, 6.07) is 2.37. The van der Waals surface area contributed by atoms with Crippen LogP contribution in [0.1, 0.15) is 103 Å². The molecule has 0 aliphatic rings. The second-order valence-corrected chi connectivity index (χ2v) is 9.37. The molecular weight excluding hydrogens is 436 g/mol. The maximum atomic E-state index is 14.2. The molecular formula is C24H38BrF2NO. The van der Waals surface area contributed by atoms with E-state index in [1.807, 2.05) is 0 Å². The van der Waals surface area contributed by atoms with E-state index in [1.54, 1.807) is 0 Å². The zero-order valence-electron chi connectivity index (χ0n) is 18.2. The van der Waals surface area contributed by atoms with Gasteiger partial charge in [-0.25, -0.2) is 8.78 Å². The molecule has 0 fully saturated rings. The number of amides is 1. The van der Waals surface area contributed by atoms with Gasteiger partial charge in [-0.1, -0.05) is 99.9 Å². The summed E-state index contributed by atoms with van der Waals surface area (Å²) in [5.41, 5.74) is 0.239. The van der Waals surface area contributed by atoms with E-state index < -0.39 is 11.6 Å². The van der Waals surface area contributed by atoms with Gasteiger partial charge in [0.25, 0.3) is 0 Å². The van der Waals surface area contributed by atoms with Crippen molar-refractivity contribution in [2.24, 2.45) is 0 Å². The largest absolute Gasteiger partial charge is 0.326 e. The number of carbonyl (C=O) groups is 1. The van der Waals surface area contributed by atoms with E-state index in [-0.39, 0.29) is 22.0 Å². The Kier molecular flexibility index (Phi) is 14.2. The van der Waals surface area contributed by atoms with Crippen LogP contribution in [-0.2, 0) is 11.2 Å². The van der Waals surface area contributed by atoms with Gasteiger partial charge in [-0.3, -0.25) is 4.79 Å². The van der Waals surface area contributed by atoms with Gasteiger partial charge in [0.1, 0.15) is 11.6 Å². The van der Waals surface area contributed by atoms with Crippen LogP contribution >= 0.6 is 15.9 Å². The highest BCUT2D eigenvalue weighted by molar-refractivity contribution is 9.09. The van der Waals surface area contributed by atoms with Crippen LogP contribution in [0.3, 0.4) is 0 Å². The van der Waals surface area contributed by atoms with E-state index in [4.69, 9.17) is 0 Å². The van der Waals surface area contributed by atoms with Crippen LogP contribution in [0.2, 0.25) is 0 Å². The average Bonchev–Trinajstić information content (AvgIpc) is 2.65. The lowest BCUT2D eigenvalue weighted by Crippen LogP contribution is -2.10. The lowest BCUT2D eigenvalue weighted by Gasteiger charge is -2.13. The zero-order valence-corrected chi connectivity index (χ0v) is 19.8. The summed E-state index contributed by atoms with van der Waals surface area (Å²) in [7, 11) is 0. The fourth-order valence-electron chi connectivity index (χ4n) is 3.60. The molecule has 166 valence electrons. The van der Waals surface area contributed by atoms with Gasteiger partial charge in [0.05, 0.1) is 0 Å². The predicted molar refractivity (Wildman–Crippen MR) is 123 cm³/mol. The number of rotatable bonds is 16. The first-order valence-corrected chi connectivity index (χ1v) is 12.2. The molecule has 1 aromatic rings. The first-order valence-electron chi connectivity index (χ1n) is 11.3. The van der Waals surface area contributed by atoms with Crippen LogP contribution < -0.4 is 5.32 Å². The van der Waals surface area contributed by atoms with Crippen molar-refractivity contribution in [2.45, 2.75) is 109 Å². The van der Waals surface area contributed by atoms with Crippen molar-refractivity contribution in [1.29, 1.82) is 0 Å². The fraction of sp³-hybridized carbons (Fsp3) is 0.708. The predicted octanol–water partition coefficient (Wildman–Crippen LogP) is 8.32. The summed E-state index contributed by atoms with van der Waals surface area (Å²) in [5.74, 6) is -1.55. The molecule has 1 N–H and O–H groups in total. The molecule has 0 heterocycles. The summed E-state index contributed by atoms with van der Waals surface area (Å²) in [5, 5.41) is 2.41. The van der Waals surface area contributed by atoms with E-state index in [9.17, 15) is 13.6 Å². The van der Waals surface area contributed by atoms with Crippen LogP contribution in [0.25, 0.3) is 0 Å². The van der Waals surface area contributed by atoms with Gasteiger partial charge in [0.15, 0.2) is 0 Å². The Morgan fingerprint density at radius 1 is 0.897 bits per heavy atom. The minimum atomic E-state index is -0.604. The third-order valence-corrected chi connectivity index (χ3v) is 6.04. The molecule has 1 amide bonds. The molecule has 2 nitrogen and oxygen atoms in total. The van der Waals surface area contributed by atoms with Crippen molar-refractivity contribution in [2.75, 3.05) is 5.32 Å². The molecule has 1 atom stereocenters. The normalized spacial score (nSPS) is 12.2. The van der Waals surface area contributed by atoms with Crippen molar-refractivity contribution < 1.29 is 13.6 Å². The van der Waals surface area contributed by atoms with Crippen molar-refractivity contribution in [1.82, 2.24) is 0 Å². The smallest absolute Gasteiger partial charge is 0.221 e. The maximum Gasteiger partial charge on any atom is 0.221 e. The van der Waals surface area contributed by atoms with Crippen LogP contribution in [0.5, 0.6) is 0 Å². The fourth-order valence-corrected chi connectivity index (χ4v) is 4.25. The van der Waals surface area contributed by atoms with Gasteiger partial charge in [-0.05, 0) is 25.0 Å². The van der Waals surface area contributed by atoms with Crippen molar-refractivity contribution in [3.63, 3.8) is 0 Å². The van der Waals surface area contributed by atoms with Gasteiger partial charge in [-0.15, -0.1) is 0 Å². The summed E-state index contributed by atoms with van der Waals surface area (Å²) in [4.78, 5) is 11.1. The van der Waals surface area contributed by atoms with Crippen molar-refractivity contribution >= 4 is 27.5 Å². The average molecular weight is 474 g/mol. The van der Waals surface area contributed by atoms with E-state index in [1.165, 1.54) is 89.7 Å². The summed E-state index contributed by atoms with van der Waals surface area (Å²) >= 11 is 3.57. The molecule has 0 bridgehead atoms. The molecule has 5 heteroatoms. The highest BCUT2D eigenvalue weighted by Crippen LogP contribution is 2.24. The molecule has 0 radical (unpaired) electrons. The van der Waals surface area contributed by atoms with E-state index in [0.29, 0.717) is 6.42 Å². The third kappa shape index (κ3) is 12.3. The minimum Gasteiger partial charge on any atom is -0.326 e. The second-order valence-electron chi connectivity index (χ2n) is 8.08. The maximum absolute atomic E-state index is 14.2. The van der Waals surface area contributed by atoms with Crippen molar-refractivity contribution in [3.8, 4) is 0 Å². The Labute approximate surface area is 184 Å². The Morgan fingerprint density at radius 2 is 1.34 bits per heavy atom. The lowest BCUT2D eigenvalue weighted by atomic mass is 10.0. The van der Waals surface area contributed by atoms with Crippen LogP contribution in [0.4, 0.5) is 14.5 Å². The third-order valence-electron chi connectivity index (χ3n) is 5.26. The number of nitrogens with one attached hydrogen (secondary N) is 1. The monoisotopic (exact) mass is 473 g/mol. The second kappa shape index (κ2) is 15.8. The highest BCUT2D eigenvalue weighted by atomic mass is 79.9. The summed E-state index contributed by atoms with van der Waals surface area (Å²) < 4.78 is 28.4. The number of alkyl halides is 1. The van der Waals surface area contributed by atoms with Gasteiger partial charge in [-0.2, -0.15) is 0 Å². The minimum absolute atomic E-state index is 0.0567. The standard InChI is InChI=1S/C24H38BrF2NO/c1-3-4-5-6-7-8-9-10-11-12-13-14-15-20(25)16-22-23(26)17-21(18-24(22)27)28-19(2)29/h17-18,20H,3-16H2,1-2H3,(H,28,29). The lowest BCUT2D eigenvalue weighted by molar-refractivity contribution is -0.114. The number of hydrogen-bond acceptors (Lipinski definition) is 1. The Balaban J connectivity index is 2.14. The van der Waals surface area contributed by atoms with Gasteiger partial charge >= 0.3 is 0 Å². The molecule has 0 spiro atoms. The molecule has 0 aromatic heterocycles. The number of benzene rings is 1. The molecule has 0 aliphatic heterocycles. The Hall–Kier alpha value is -0.970.